The average molecular weight is 227 g/mol. The number of hydrogen-bond acceptors (Lipinski definition) is 4. The first-order chi connectivity index (χ1) is 6.91. The van der Waals surface area contributed by atoms with E-state index in [1.165, 1.54) is 0 Å². The SMILES string of the molecule is O=C([O-])C(OC1CCCCO1)C(F)(F)F. The minimum absolute atomic E-state index is 0.264. The summed E-state index contributed by atoms with van der Waals surface area (Å²) >= 11 is 0. The maximum atomic E-state index is 12.1. The van der Waals surface area contributed by atoms with Crippen molar-refractivity contribution in [3.8, 4) is 0 Å². The second kappa shape index (κ2) is 4.80. The molecule has 1 fully saturated rings. The Kier molecular flexibility index (Phi) is 3.92. The second-order valence-corrected chi connectivity index (χ2v) is 3.17. The topological polar surface area (TPSA) is 58.6 Å². The van der Waals surface area contributed by atoms with E-state index in [9.17, 15) is 23.1 Å². The van der Waals surface area contributed by atoms with Crippen molar-refractivity contribution in [2.45, 2.75) is 37.8 Å². The fourth-order valence-electron chi connectivity index (χ4n) is 1.24. The first-order valence-corrected chi connectivity index (χ1v) is 4.46. The molecule has 0 spiro atoms. The highest BCUT2D eigenvalue weighted by molar-refractivity contribution is 5.71. The number of ether oxygens (including phenoxy) is 2. The van der Waals surface area contributed by atoms with Crippen LogP contribution in [0.5, 0.6) is 0 Å². The van der Waals surface area contributed by atoms with E-state index < -0.39 is 24.5 Å². The number of carboxylic acid groups (broad SMARTS) is 1. The summed E-state index contributed by atoms with van der Waals surface area (Å²) in [7, 11) is 0. The third-order valence-corrected chi connectivity index (χ3v) is 1.94. The van der Waals surface area contributed by atoms with Gasteiger partial charge in [-0.25, -0.2) is 0 Å². The Hall–Kier alpha value is -0.820. The fourth-order valence-corrected chi connectivity index (χ4v) is 1.24. The molecular formula is C8H10F3O4-. The first kappa shape index (κ1) is 12.3. The van der Waals surface area contributed by atoms with Crippen LogP contribution in [0, 0.1) is 0 Å². The zero-order valence-corrected chi connectivity index (χ0v) is 7.75. The number of carbonyl (C=O) groups is 1. The van der Waals surface area contributed by atoms with Crippen molar-refractivity contribution in [3.05, 3.63) is 0 Å². The van der Waals surface area contributed by atoms with Crippen LogP contribution in [0.15, 0.2) is 0 Å². The Bertz CT molecular complexity index is 222. The van der Waals surface area contributed by atoms with Gasteiger partial charge in [-0.05, 0) is 19.3 Å². The summed E-state index contributed by atoms with van der Waals surface area (Å²) in [5.74, 6) is -2.29. The van der Waals surface area contributed by atoms with Gasteiger partial charge in [0.25, 0.3) is 0 Å². The second-order valence-electron chi connectivity index (χ2n) is 3.17. The van der Waals surface area contributed by atoms with Crippen molar-refractivity contribution in [2.75, 3.05) is 6.61 Å². The molecule has 0 radical (unpaired) electrons. The molecule has 2 unspecified atom stereocenters. The standard InChI is InChI=1S/C8H11F3O4/c9-8(10,11)6(7(12)13)15-5-3-1-2-4-14-5/h5-6H,1-4H2,(H,12,13)/p-1. The van der Waals surface area contributed by atoms with Crippen molar-refractivity contribution >= 4 is 5.97 Å². The van der Waals surface area contributed by atoms with Crippen molar-refractivity contribution < 1.29 is 32.5 Å². The monoisotopic (exact) mass is 227 g/mol. The summed E-state index contributed by atoms with van der Waals surface area (Å²) in [6.07, 6.45) is -7.34. The molecule has 1 rings (SSSR count). The molecule has 0 aliphatic carbocycles. The van der Waals surface area contributed by atoms with Gasteiger partial charge in [0.2, 0.25) is 0 Å². The molecule has 1 aliphatic heterocycles. The van der Waals surface area contributed by atoms with Gasteiger partial charge in [-0.15, -0.1) is 0 Å². The van der Waals surface area contributed by atoms with E-state index in [1.807, 2.05) is 0 Å². The van der Waals surface area contributed by atoms with Crippen LogP contribution in [-0.2, 0) is 14.3 Å². The number of hydrogen-bond donors (Lipinski definition) is 0. The van der Waals surface area contributed by atoms with Crippen LogP contribution in [-0.4, -0.2) is 31.1 Å². The van der Waals surface area contributed by atoms with Crippen molar-refractivity contribution in [1.29, 1.82) is 0 Å². The predicted octanol–water partition coefficient (Wildman–Crippen LogP) is 0.210. The maximum absolute atomic E-state index is 12.1. The minimum Gasteiger partial charge on any atom is -0.547 e. The lowest BCUT2D eigenvalue weighted by Crippen LogP contribution is -2.49. The summed E-state index contributed by atoms with van der Waals surface area (Å²) in [6.45, 7) is 0.280. The average Bonchev–Trinajstić information content (AvgIpc) is 2.13. The third kappa shape index (κ3) is 3.67. The molecule has 1 heterocycles. The summed E-state index contributed by atoms with van der Waals surface area (Å²) in [5.41, 5.74) is 0. The van der Waals surface area contributed by atoms with Crippen LogP contribution in [0.1, 0.15) is 19.3 Å². The van der Waals surface area contributed by atoms with Gasteiger partial charge in [-0.1, -0.05) is 0 Å². The van der Waals surface area contributed by atoms with E-state index in [0.717, 1.165) is 6.42 Å². The molecule has 0 aromatic rings. The zero-order valence-electron chi connectivity index (χ0n) is 7.75. The first-order valence-electron chi connectivity index (χ1n) is 4.46. The fraction of sp³-hybridized carbons (Fsp3) is 0.875. The minimum atomic E-state index is -4.97. The summed E-state index contributed by atoms with van der Waals surface area (Å²) in [4.78, 5) is 10.2. The molecular weight excluding hydrogens is 217 g/mol. The summed E-state index contributed by atoms with van der Waals surface area (Å²) < 4.78 is 45.5. The molecule has 2 atom stereocenters. The van der Waals surface area contributed by atoms with Gasteiger partial charge in [0.15, 0.2) is 12.4 Å². The van der Waals surface area contributed by atoms with Crippen molar-refractivity contribution in [3.63, 3.8) is 0 Å². The van der Waals surface area contributed by atoms with Crippen molar-refractivity contribution in [2.24, 2.45) is 0 Å². The smallest absolute Gasteiger partial charge is 0.420 e. The van der Waals surface area contributed by atoms with Gasteiger partial charge in [0.05, 0.1) is 5.97 Å². The lowest BCUT2D eigenvalue weighted by molar-refractivity contribution is -0.349. The van der Waals surface area contributed by atoms with Crippen LogP contribution < -0.4 is 5.11 Å². The van der Waals surface area contributed by atoms with E-state index >= 15 is 0 Å². The molecule has 15 heavy (non-hydrogen) atoms. The largest absolute Gasteiger partial charge is 0.547 e. The van der Waals surface area contributed by atoms with Gasteiger partial charge in [0, 0.05) is 6.61 Å². The van der Waals surface area contributed by atoms with Gasteiger partial charge in [-0.3, -0.25) is 0 Å². The van der Waals surface area contributed by atoms with E-state index in [0.29, 0.717) is 6.42 Å². The zero-order chi connectivity index (χ0) is 11.5. The van der Waals surface area contributed by atoms with Crippen LogP contribution in [0.2, 0.25) is 0 Å². The molecule has 0 aromatic carbocycles. The highest BCUT2D eigenvalue weighted by Gasteiger charge is 2.43. The number of carboxylic acids is 1. The molecule has 1 aliphatic rings. The predicted molar refractivity (Wildman–Crippen MR) is 39.5 cm³/mol. The highest BCUT2D eigenvalue weighted by Crippen LogP contribution is 2.26. The third-order valence-electron chi connectivity index (χ3n) is 1.94. The molecule has 7 heteroatoms. The van der Waals surface area contributed by atoms with Crippen LogP contribution in [0.4, 0.5) is 13.2 Å². The summed E-state index contributed by atoms with van der Waals surface area (Å²) in [6, 6.07) is 0. The van der Waals surface area contributed by atoms with E-state index in [2.05, 4.69) is 4.74 Å². The van der Waals surface area contributed by atoms with Crippen LogP contribution >= 0.6 is 0 Å². The quantitative estimate of drug-likeness (QED) is 0.691. The lowest BCUT2D eigenvalue weighted by atomic mass is 10.2. The molecule has 0 aromatic heterocycles. The Morgan fingerprint density at radius 1 is 1.47 bits per heavy atom. The Balaban J connectivity index is 2.54. The number of halogens is 3. The molecule has 1 saturated heterocycles. The molecule has 0 bridgehead atoms. The van der Waals surface area contributed by atoms with Gasteiger partial charge in [0.1, 0.15) is 0 Å². The Morgan fingerprint density at radius 3 is 2.53 bits per heavy atom. The van der Waals surface area contributed by atoms with Crippen LogP contribution in [0.3, 0.4) is 0 Å². The number of carbonyl (C=O) groups excluding carboxylic acids is 1. The van der Waals surface area contributed by atoms with E-state index in [-0.39, 0.29) is 13.0 Å². The van der Waals surface area contributed by atoms with E-state index in [4.69, 9.17) is 4.74 Å². The number of alkyl halides is 3. The Morgan fingerprint density at radius 2 is 2.13 bits per heavy atom. The molecule has 0 N–H and O–H groups in total. The van der Waals surface area contributed by atoms with Gasteiger partial charge in [-0.2, -0.15) is 13.2 Å². The lowest BCUT2D eigenvalue weighted by Gasteiger charge is -2.29. The van der Waals surface area contributed by atoms with Crippen molar-refractivity contribution in [1.82, 2.24) is 0 Å². The molecule has 4 nitrogen and oxygen atoms in total. The van der Waals surface area contributed by atoms with E-state index in [1.54, 1.807) is 0 Å². The Labute approximate surface area is 84.0 Å². The normalized spacial score (nSPS) is 24.9. The summed E-state index contributed by atoms with van der Waals surface area (Å²) in [5, 5.41) is 10.2. The van der Waals surface area contributed by atoms with Gasteiger partial charge < -0.3 is 19.4 Å². The highest BCUT2D eigenvalue weighted by atomic mass is 19.4. The molecule has 88 valence electrons. The number of rotatable bonds is 3. The molecule has 0 saturated carbocycles. The van der Waals surface area contributed by atoms with Gasteiger partial charge >= 0.3 is 6.18 Å². The maximum Gasteiger partial charge on any atom is 0.420 e. The van der Waals surface area contributed by atoms with Crippen LogP contribution in [0.25, 0.3) is 0 Å². The number of aliphatic carboxylic acids is 1. The molecule has 0 amide bonds.